The van der Waals surface area contributed by atoms with Crippen molar-refractivity contribution in [3.8, 4) is 0 Å². The van der Waals surface area contributed by atoms with Crippen molar-refractivity contribution in [3.63, 3.8) is 0 Å². The van der Waals surface area contributed by atoms with Gasteiger partial charge in [-0.2, -0.15) is 0 Å². The van der Waals surface area contributed by atoms with E-state index in [0.717, 1.165) is 13.0 Å². The van der Waals surface area contributed by atoms with Gasteiger partial charge in [0.1, 0.15) is 0 Å². The predicted octanol–water partition coefficient (Wildman–Crippen LogP) is -0.625. The molecule has 0 N–H and O–H groups in total. The van der Waals surface area contributed by atoms with Gasteiger partial charge in [0.15, 0.2) is 0 Å². The number of likely N-dealkylation sites (N-methyl/N-ethyl adjacent to an activating group) is 1. The first kappa shape index (κ1) is 28.1. The van der Waals surface area contributed by atoms with Crippen molar-refractivity contribution in [2.45, 2.75) is 52.1 Å². The summed E-state index contributed by atoms with van der Waals surface area (Å²) in [5.41, 5.74) is 5.24. The molecule has 1 aliphatic carbocycles. The topological polar surface area (TPSA) is 17.3 Å². The zero-order chi connectivity index (χ0) is 17.3. The minimum atomic E-state index is -0.194. The van der Waals surface area contributed by atoms with Crippen LogP contribution in [0.15, 0.2) is 42.0 Å². The SMILES string of the molecule is CN(C)CC1=CCC(c2ccccc2C(C)(C)[N-]C(C)(C)C)=C1.[Cl-].[Cl-].[Ti+3]. The number of hydrogen-bond donors (Lipinski definition) is 0. The van der Waals surface area contributed by atoms with Gasteiger partial charge >= 0.3 is 21.7 Å². The molecule has 0 saturated heterocycles. The molecule has 0 amide bonds. The monoisotopic (exact) mass is 429 g/mol. The average Bonchev–Trinajstić information content (AvgIpc) is 2.83. The van der Waals surface area contributed by atoms with Crippen LogP contribution in [0, 0.1) is 0 Å². The van der Waals surface area contributed by atoms with Gasteiger partial charge < -0.3 is 35.0 Å². The quantitative estimate of drug-likeness (QED) is 0.570. The number of hydrogen-bond acceptors (Lipinski definition) is 1. The molecule has 1 aromatic rings. The Balaban J connectivity index is 0. The summed E-state index contributed by atoms with van der Waals surface area (Å²) in [4.78, 5) is 2.22. The first-order valence-corrected chi connectivity index (χ1v) is 8.47. The van der Waals surface area contributed by atoms with Gasteiger partial charge in [-0.25, -0.2) is 0 Å². The predicted molar refractivity (Wildman–Crippen MR) is 102 cm³/mol. The summed E-state index contributed by atoms with van der Waals surface area (Å²) in [6, 6.07) is 8.74. The van der Waals surface area contributed by atoms with E-state index in [1.54, 1.807) is 0 Å². The van der Waals surface area contributed by atoms with E-state index in [2.05, 4.69) is 90.0 Å². The van der Waals surface area contributed by atoms with Gasteiger partial charge in [-0.05, 0) is 37.2 Å². The Morgan fingerprint density at radius 1 is 1.00 bits per heavy atom. The molecule has 2 nitrogen and oxygen atoms in total. The summed E-state index contributed by atoms with van der Waals surface area (Å²) in [5, 5.41) is 5.06. The minimum absolute atomic E-state index is 0. The summed E-state index contributed by atoms with van der Waals surface area (Å²) < 4.78 is 0. The third-order valence-electron chi connectivity index (χ3n) is 3.99. The van der Waals surface area contributed by atoms with E-state index >= 15 is 0 Å². The summed E-state index contributed by atoms with van der Waals surface area (Å²) in [5.74, 6) is 0. The van der Waals surface area contributed by atoms with E-state index < -0.39 is 0 Å². The average molecular weight is 430 g/mol. The molecular formula is C21H31Cl2N2Ti. The standard InChI is InChI=1S/C21H31N2.2ClH.Ti/c1-20(2,3)22-21(4,5)19-11-9-8-10-18(19)17-13-12-16(14-17)15-23(6)7;;;/h8-12,14H,13,15H2,1-7H3;2*1H;/q-1;;;+3/p-2. The molecule has 5 heteroatoms. The molecule has 0 atom stereocenters. The van der Waals surface area contributed by atoms with Crippen LogP contribution in [0.5, 0.6) is 0 Å². The van der Waals surface area contributed by atoms with Gasteiger partial charge in [-0.1, -0.05) is 76.6 Å². The summed E-state index contributed by atoms with van der Waals surface area (Å²) >= 11 is 0. The van der Waals surface area contributed by atoms with Gasteiger partial charge in [0.05, 0.1) is 0 Å². The fraction of sp³-hybridized carbons (Fsp3) is 0.524. The van der Waals surface area contributed by atoms with Gasteiger partial charge in [-0.15, -0.1) is 11.1 Å². The largest absolute Gasteiger partial charge is 3.00 e. The maximum Gasteiger partial charge on any atom is 3.00 e. The second kappa shape index (κ2) is 11.0. The molecule has 1 radical (unpaired) electrons. The van der Waals surface area contributed by atoms with E-state index in [1.165, 1.54) is 22.3 Å². The van der Waals surface area contributed by atoms with Crippen LogP contribution in [0.1, 0.15) is 52.2 Å². The fourth-order valence-corrected chi connectivity index (χ4v) is 3.44. The number of rotatable bonds is 5. The number of benzene rings is 1. The number of nitrogens with zero attached hydrogens (tertiary/aromatic N) is 2. The van der Waals surface area contributed by atoms with E-state index in [9.17, 15) is 0 Å². The van der Waals surface area contributed by atoms with Crippen LogP contribution in [0.3, 0.4) is 0 Å². The fourth-order valence-electron chi connectivity index (χ4n) is 3.44. The molecule has 0 fully saturated rings. The van der Waals surface area contributed by atoms with E-state index in [4.69, 9.17) is 5.32 Å². The molecular weight excluding hydrogens is 399 g/mol. The first-order valence-electron chi connectivity index (χ1n) is 8.47. The van der Waals surface area contributed by atoms with Crippen molar-refractivity contribution in [2.24, 2.45) is 0 Å². The summed E-state index contributed by atoms with van der Waals surface area (Å²) in [6.07, 6.45) is 5.72. The van der Waals surface area contributed by atoms with Crippen molar-refractivity contribution < 1.29 is 46.5 Å². The maximum atomic E-state index is 5.06. The van der Waals surface area contributed by atoms with Crippen molar-refractivity contribution in [2.75, 3.05) is 20.6 Å². The molecule has 1 aromatic carbocycles. The molecule has 0 saturated carbocycles. The second-order valence-electron chi connectivity index (χ2n) is 8.28. The molecule has 143 valence electrons. The van der Waals surface area contributed by atoms with Crippen LogP contribution in [-0.4, -0.2) is 31.1 Å². The molecule has 0 unspecified atom stereocenters. The van der Waals surface area contributed by atoms with Crippen molar-refractivity contribution in [1.29, 1.82) is 0 Å². The summed E-state index contributed by atoms with van der Waals surface area (Å²) in [7, 11) is 4.23. The zero-order valence-corrected chi connectivity index (χ0v) is 20.1. The van der Waals surface area contributed by atoms with Crippen molar-refractivity contribution in [3.05, 3.63) is 58.4 Å². The molecule has 0 spiro atoms. The van der Waals surface area contributed by atoms with E-state index in [1.807, 2.05) is 0 Å². The maximum absolute atomic E-state index is 5.06. The Kier molecular flexibility index (Phi) is 12.0. The summed E-state index contributed by atoms with van der Waals surface area (Å²) in [6.45, 7) is 12.0. The Morgan fingerprint density at radius 2 is 1.58 bits per heavy atom. The smallest absolute Gasteiger partial charge is 1.00 e. The van der Waals surface area contributed by atoms with Crippen LogP contribution >= 0.6 is 0 Å². The van der Waals surface area contributed by atoms with Gasteiger partial charge in [0, 0.05) is 6.54 Å². The molecule has 0 aromatic heterocycles. The second-order valence-corrected chi connectivity index (χ2v) is 8.28. The zero-order valence-electron chi connectivity index (χ0n) is 17.0. The Hall–Kier alpha value is -0.0857. The molecule has 0 heterocycles. The number of halogens is 2. The number of allylic oxidation sites excluding steroid dienone is 2. The van der Waals surface area contributed by atoms with E-state index in [0.29, 0.717) is 0 Å². The Morgan fingerprint density at radius 3 is 2.12 bits per heavy atom. The van der Waals surface area contributed by atoms with E-state index in [-0.39, 0.29) is 57.6 Å². The van der Waals surface area contributed by atoms with Crippen LogP contribution in [0.25, 0.3) is 10.9 Å². The van der Waals surface area contributed by atoms with Gasteiger partial charge in [0.2, 0.25) is 0 Å². The molecule has 1 aliphatic rings. The van der Waals surface area contributed by atoms with Crippen LogP contribution in [0.2, 0.25) is 0 Å². The van der Waals surface area contributed by atoms with Crippen LogP contribution < -0.4 is 24.8 Å². The molecule has 0 aliphatic heterocycles. The molecule has 26 heavy (non-hydrogen) atoms. The third-order valence-corrected chi connectivity index (χ3v) is 3.99. The van der Waals surface area contributed by atoms with Crippen molar-refractivity contribution >= 4 is 5.57 Å². The van der Waals surface area contributed by atoms with Crippen LogP contribution in [-0.2, 0) is 27.3 Å². The normalized spacial score (nSPS) is 14.0. The molecule has 0 bridgehead atoms. The Labute approximate surface area is 187 Å². The van der Waals surface area contributed by atoms with Crippen molar-refractivity contribution in [1.82, 2.24) is 4.90 Å². The Bertz CT molecular complexity index is 629. The van der Waals surface area contributed by atoms with Gasteiger partial charge in [-0.3, -0.25) is 0 Å². The van der Waals surface area contributed by atoms with Gasteiger partial charge in [0.25, 0.3) is 0 Å². The molecule has 2 rings (SSSR count). The first-order chi connectivity index (χ1) is 10.6. The minimum Gasteiger partial charge on any atom is -1.00 e. The van der Waals surface area contributed by atoms with Crippen LogP contribution in [0.4, 0.5) is 0 Å². The third kappa shape index (κ3) is 7.88.